The minimum Gasteiger partial charge on any atom is -0.397 e. The van der Waals surface area contributed by atoms with Gasteiger partial charge in [-0.15, -0.1) is 0 Å². The molecule has 0 atom stereocenters. The van der Waals surface area contributed by atoms with Gasteiger partial charge in [0, 0.05) is 5.54 Å². The minimum atomic E-state index is 0.139. The van der Waals surface area contributed by atoms with Gasteiger partial charge in [-0.05, 0) is 42.2 Å². The molecule has 5 heteroatoms. The molecule has 1 aromatic carbocycles. The van der Waals surface area contributed by atoms with Crippen LogP contribution < -0.4 is 11.1 Å². The van der Waals surface area contributed by atoms with Crippen molar-refractivity contribution in [1.29, 1.82) is 0 Å². The maximum Gasteiger partial charge on any atom is 0.160 e. The van der Waals surface area contributed by atoms with E-state index in [4.69, 9.17) is 10.4 Å². The third-order valence-corrected chi connectivity index (χ3v) is 3.84. The SMILES string of the molecule is CC1(Nc2ccc(N)c3nonc23)CCCCC1. The number of nitrogen functional groups attached to an aromatic ring is 1. The number of benzene rings is 1. The topological polar surface area (TPSA) is 77.0 Å². The molecule has 3 rings (SSSR count). The number of nitrogens with two attached hydrogens (primary N) is 1. The number of fused-ring (bicyclic) bond motifs is 1. The molecule has 5 nitrogen and oxygen atoms in total. The van der Waals surface area contributed by atoms with Crippen molar-refractivity contribution in [3.63, 3.8) is 0 Å². The van der Waals surface area contributed by atoms with E-state index < -0.39 is 0 Å². The molecular formula is C13H18N4O. The summed E-state index contributed by atoms with van der Waals surface area (Å²) in [5, 5.41) is 11.4. The highest BCUT2D eigenvalue weighted by Gasteiger charge is 2.27. The first-order chi connectivity index (χ1) is 8.68. The van der Waals surface area contributed by atoms with Crippen LogP contribution in [-0.2, 0) is 0 Å². The molecule has 0 spiro atoms. The predicted octanol–water partition coefficient (Wildman–Crippen LogP) is 2.94. The Labute approximate surface area is 106 Å². The van der Waals surface area contributed by atoms with E-state index in [0.717, 1.165) is 11.2 Å². The van der Waals surface area contributed by atoms with Crippen LogP contribution in [0.4, 0.5) is 11.4 Å². The molecule has 3 N–H and O–H groups in total. The summed E-state index contributed by atoms with van der Waals surface area (Å²) in [6, 6.07) is 3.81. The molecule has 0 unspecified atom stereocenters. The Morgan fingerprint density at radius 2 is 1.89 bits per heavy atom. The lowest BCUT2D eigenvalue weighted by molar-refractivity contribution is 0.315. The largest absolute Gasteiger partial charge is 0.397 e. The van der Waals surface area contributed by atoms with Crippen molar-refractivity contribution in [2.75, 3.05) is 11.1 Å². The van der Waals surface area contributed by atoms with Crippen LogP contribution in [0.25, 0.3) is 11.0 Å². The first-order valence-electron chi connectivity index (χ1n) is 6.47. The molecule has 1 aliphatic carbocycles. The van der Waals surface area contributed by atoms with Crippen molar-refractivity contribution in [1.82, 2.24) is 10.3 Å². The second-order valence-corrected chi connectivity index (χ2v) is 5.41. The van der Waals surface area contributed by atoms with Gasteiger partial charge in [-0.25, -0.2) is 4.63 Å². The molecule has 0 bridgehead atoms. The van der Waals surface area contributed by atoms with Crippen LogP contribution in [-0.4, -0.2) is 15.9 Å². The van der Waals surface area contributed by atoms with Gasteiger partial charge in [-0.3, -0.25) is 0 Å². The first kappa shape index (κ1) is 11.3. The molecule has 2 aromatic rings. The highest BCUT2D eigenvalue weighted by atomic mass is 16.6. The molecule has 0 radical (unpaired) electrons. The number of hydrogen-bond acceptors (Lipinski definition) is 5. The molecule has 0 amide bonds. The molecule has 1 saturated carbocycles. The van der Waals surface area contributed by atoms with Crippen molar-refractivity contribution in [2.24, 2.45) is 0 Å². The van der Waals surface area contributed by atoms with E-state index in [1.54, 1.807) is 0 Å². The molecule has 1 heterocycles. The van der Waals surface area contributed by atoms with Gasteiger partial charge in [0.15, 0.2) is 11.0 Å². The van der Waals surface area contributed by atoms with Crippen molar-refractivity contribution >= 4 is 22.4 Å². The fourth-order valence-corrected chi connectivity index (χ4v) is 2.77. The standard InChI is InChI=1S/C13H18N4O/c1-13(7-3-2-4-8-13)15-10-6-5-9(14)11-12(10)17-18-16-11/h5-6,15H,2-4,7-8,14H2,1H3. The number of hydrogen-bond donors (Lipinski definition) is 2. The van der Waals surface area contributed by atoms with Gasteiger partial charge in [-0.2, -0.15) is 0 Å². The van der Waals surface area contributed by atoms with Crippen LogP contribution in [0.15, 0.2) is 16.8 Å². The van der Waals surface area contributed by atoms with E-state index in [1.807, 2.05) is 12.1 Å². The summed E-state index contributed by atoms with van der Waals surface area (Å²) in [4.78, 5) is 0. The quantitative estimate of drug-likeness (QED) is 0.797. The van der Waals surface area contributed by atoms with E-state index in [1.165, 1.54) is 32.1 Å². The summed E-state index contributed by atoms with van der Waals surface area (Å²) in [6.45, 7) is 2.27. The van der Waals surface area contributed by atoms with Gasteiger partial charge in [0.05, 0.1) is 11.4 Å². The Morgan fingerprint density at radius 3 is 2.67 bits per heavy atom. The van der Waals surface area contributed by atoms with Gasteiger partial charge in [0.25, 0.3) is 0 Å². The lowest BCUT2D eigenvalue weighted by Crippen LogP contribution is -2.36. The average molecular weight is 246 g/mol. The van der Waals surface area contributed by atoms with Crippen molar-refractivity contribution in [2.45, 2.75) is 44.6 Å². The van der Waals surface area contributed by atoms with E-state index >= 15 is 0 Å². The van der Waals surface area contributed by atoms with E-state index in [-0.39, 0.29) is 5.54 Å². The molecule has 1 aromatic heterocycles. The highest BCUT2D eigenvalue weighted by Crippen LogP contribution is 2.34. The van der Waals surface area contributed by atoms with E-state index in [2.05, 4.69) is 22.6 Å². The Morgan fingerprint density at radius 1 is 1.17 bits per heavy atom. The summed E-state index contributed by atoms with van der Waals surface area (Å²) >= 11 is 0. The Balaban J connectivity index is 1.95. The third-order valence-electron chi connectivity index (χ3n) is 3.84. The normalized spacial score (nSPS) is 18.9. The van der Waals surface area contributed by atoms with Crippen LogP contribution in [0.3, 0.4) is 0 Å². The fourth-order valence-electron chi connectivity index (χ4n) is 2.77. The molecule has 0 saturated heterocycles. The Hall–Kier alpha value is -1.78. The summed E-state index contributed by atoms with van der Waals surface area (Å²) in [6.07, 6.45) is 6.26. The Kier molecular flexibility index (Phi) is 2.61. The predicted molar refractivity (Wildman–Crippen MR) is 71.3 cm³/mol. The number of nitrogens with one attached hydrogen (secondary N) is 1. The monoisotopic (exact) mass is 246 g/mol. The van der Waals surface area contributed by atoms with Crippen molar-refractivity contribution < 1.29 is 4.63 Å². The molecule has 0 aliphatic heterocycles. The Bertz CT molecular complexity index is 557. The summed E-state index contributed by atoms with van der Waals surface area (Å²) in [5.41, 5.74) is 8.91. The van der Waals surface area contributed by atoms with Gasteiger partial charge >= 0.3 is 0 Å². The molecular weight excluding hydrogens is 228 g/mol. The van der Waals surface area contributed by atoms with Crippen LogP contribution in [0, 0.1) is 0 Å². The van der Waals surface area contributed by atoms with Crippen LogP contribution in [0.2, 0.25) is 0 Å². The second kappa shape index (κ2) is 4.15. The number of aromatic nitrogens is 2. The number of nitrogens with zero attached hydrogens (tertiary/aromatic N) is 2. The zero-order chi connectivity index (χ0) is 12.6. The minimum absolute atomic E-state index is 0.139. The van der Waals surface area contributed by atoms with Crippen LogP contribution in [0.1, 0.15) is 39.0 Å². The fraction of sp³-hybridized carbons (Fsp3) is 0.538. The summed E-state index contributed by atoms with van der Waals surface area (Å²) < 4.78 is 4.79. The number of rotatable bonds is 2. The van der Waals surface area contributed by atoms with Crippen LogP contribution >= 0.6 is 0 Å². The molecule has 96 valence electrons. The average Bonchev–Trinajstić information content (AvgIpc) is 2.84. The van der Waals surface area contributed by atoms with Gasteiger partial charge < -0.3 is 11.1 Å². The van der Waals surface area contributed by atoms with Gasteiger partial charge in [0.2, 0.25) is 0 Å². The zero-order valence-electron chi connectivity index (χ0n) is 10.6. The van der Waals surface area contributed by atoms with Crippen molar-refractivity contribution in [3.05, 3.63) is 12.1 Å². The molecule has 1 aliphatic rings. The van der Waals surface area contributed by atoms with Gasteiger partial charge in [-0.1, -0.05) is 19.3 Å². The maximum absolute atomic E-state index is 5.85. The maximum atomic E-state index is 5.85. The lowest BCUT2D eigenvalue weighted by atomic mass is 9.83. The first-order valence-corrected chi connectivity index (χ1v) is 6.47. The second-order valence-electron chi connectivity index (χ2n) is 5.41. The van der Waals surface area contributed by atoms with E-state index in [9.17, 15) is 0 Å². The van der Waals surface area contributed by atoms with Crippen molar-refractivity contribution in [3.8, 4) is 0 Å². The van der Waals surface area contributed by atoms with E-state index in [0.29, 0.717) is 11.2 Å². The molecule has 18 heavy (non-hydrogen) atoms. The van der Waals surface area contributed by atoms with Gasteiger partial charge in [0.1, 0.15) is 0 Å². The summed E-state index contributed by atoms with van der Waals surface area (Å²) in [5.74, 6) is 0. The summed E-state index contributed by atoms with van der Waals surface area (Å²) in [7, 11) is 0. The zero-order valence-corrected chi connectivity index (χ0v) is 10.6. The smallest absolute Gasteiger partial charge is 0.160 e. The lowest BCUT2D eigenvalue weighted by Gasteiger charge is -2.35. The number of anilines is 2. The highest BCUT2D eigenvalue weighted by molar-refractivity contribution is 5.95. The molecule has 1 fully saturated rings. The third kappa shape index (κ3) is 1.89. The van der Waals surface area contributed by atoms with Crippen LogP contribution in [0.5, 0.6) is 0 Å².